The zero-order valence-corrected chi connectivity index (χ0v) is 13.1. The van der Waals surface area contributed by atoms with Gasteiger partial charge in [-0.15, -0.1) is 0 Å². The van der Waals surface area contributed by atoms with Crippen LogP contribution in [0.4, 0.5) is 8.78 Å². The van der Waals surface area contributed by atoms with Crippen LogP contribution in [0, 0.1) is 5.92 Å². The highest BCUT2D eigenvalue weighted by molar-refractivity contribution is 5.79. The van der Waals surface area contributed by atoms with E-state index in [-0.39, 0.29) is 43.4 Å². The Bertz CT molecular complexity index is 539. The lowest BCUT2D eigenvalue weighted by molar-refractivity contribution is -0.134. The smallest absolute Gasteiger partial charge is 0.248 e. The van der Waals surface area contributed by atoms with Crippen molar-refractivity contribution in [3.63, 3.8) is 0 Å². The van der Waals surface area contributed by atoms with Crippen molar-refractivity contribution in [2.45, 2.75) is 56.5 Å². The number of hydrogen-bond acceptors (Lipinski definition) is 2. The number of halogens is 2. The first-order valence-corrected chi connectivity index (χ1v) is 8.36. The molecule has 0 unspecified atom stereocenters. The van der Waals surface area contributed by atoms with Crippen LogP contribution in [0.1, 0.15) is 50.1 Å². The molecule has 5 heteroatoms. The fourth-order valence-corrected chi connectivity index (χ4v) is 4.07. The lowest BCUT2D eigenvalue weighted by Crippen LogP contribution is -2.44. The van der Waals surface area contributed by atoms with Crippen LogP contribution >= 0.6 is 0 Å². The predicted molar refractivity (Wildman–Crippen MR) is 83.0 cm³/mol. The SMILES string of the molecule is O=C1CC[C@@H](C2CCC(F)(F)CC2)N1[C@@H](CO)c1ccccc1. The van der Waals surface area contributed by atoms with Crippen LogP contribution in [-0.2, 0) is 4.79 Å². The molecular weight excluding hydrogens is 300 g/mol. The number of hydrogen-bond donors (Lipinski definition) is 1. The van der Waals surface area contributed by atoms with Crippen molar-refractivity contribution in [3.8, 4) is 0 Å². The maximum Gasteiger partial charge on any atom is 0.248 e. The zero-order valence-electron chi connectivity index (χ0n) is 13.1. The summed E-state index contributed by atoms with van der Waals surface area (Å²) < 4.78 is 26.8. The van der Waals surface area contributed by atoms with Gasteiger partial charge in [0.25, 0.3) is 0 Å². The van der Waals surface area contributed by atoms with Crippen LogP contribution in [0.25, 0.3) is 0 Å². The van der Waals surface area contributed by atoms with Crippen molar-refractivity contribution >= 4 is 5.91 Å². The standard InChI is InChI=1S/C18H23F2NO2/c19-18(20)10-8-14(9-11-18)15-6-7-17(23)21(15)16(12-22)13-4-2-1-3-5-13/h1-5,14-16,22H,6-12H2/t15-,16-/m0/s1. The molecule has 1 aromatic rings. The lowest BCUT2D eigenvalue weighted by Gasteiger charge is -2.39. The number of nitrogens with zero attached hydrogens (tertiary/aromatic N) is 1. The Hall–Kier alpha value is -1.49. The molecule has 126 valence electrons. The highest BCUT2D eigenvalue weighted by Crippen LogP contribution is 2.43. The fourth-order valence-electron chi connectivity index (χ4n) is 4.07. The van der Waals surface area contributed by atoms with Crippen LogP contribution in [0.5, 0.6) is 0 Å². The molecule has 2 fully saturated rings. The third-order valence-electron chi connectivity index (χ3n) is 5.30. The van der Waals surface area contributed by atoms with E-state index < -0.39 is 5.92 Å². The minimum Gasteiger partial charge on any atom is -0.394 e. The molecule has 3 rings (SSSR count). The maximum atomic E-state index is 13.4. The molecule has 1 heterocycles. The van der Waals surface area contributed by atoms with Gasteiger partial charge in [0.05, 0.1) is 12.6 Å². The fraction of sp³-hybridized carbons (Fsp3) is 0.611. The summed E-state index contributed by atoms with van der Waals surface area (Å²) in [5.74, 6) is -2.42. The second kappa shape index (κ2) is 6.56. The molecule has 1 aromatic carbocycles. The van der Waals surface area contributed by atoms with Crippen LogP contribution in [-0.4, -0.2) is 34.5 Å². The third-order valence-corrected chi connectivity index (χ3v) is 5.30. The average molecular weight is 323 g/mol. The van der Waals surface area contributed by atoms with Crippen molar-refractivity contribution in [2.75, 3.05) is 6.61 Å². The van der Waals surface area contributed by atoms with E-state index in [4.69, 9.17) is 0 Å². The van der Waals surface area contributed by atoms with Gasteiger partial charge in [-0.3, -0.25) is 4.79 Å². The zero-order chi connectivity index (χ0) is 16.4. The second-order valence-electron chi connectivity index (χ2n) is 6.71. The van der Waals surface area contributed by atoms with Gasteiger partial charge in [-0.05, 0) is 30.7 Å². The van der Waals surface area contributed by atoms with Crippen molar-refractivity contribution in [1.82, 2.24) is 4.90 Å². The van der Waals surface area contributed by atoms with Gasteiger partial charge in [0.2, 0.25) is 11.8 Å². The molecule has 1 aliphatic heterocycles. The first kappa shape index (κ1) is 16.4. The summed E-state index contributed by atoms with van der Waals surface area (Å²) in [6.45, 7) is -0.144. The lowest BCUT2D eigenvalue weighted by atomic mass is 9.80. The molecule has 3 nitrogen and oxygen atoms in total. The quantitative estimate of drug-likeness (QED) is 0.921. The molecular formula is C18H23F2NO2. The molecule has 0 aromatic heterocycles. The van der Waals surface area contributed by atoms with Crippen molar-refractivity contribution in [1.29, 1.82) is 0 Å². The van der Waals surface area contributed by atoms with Gasteiger partial charge < -0.3 is 10.0 Å². The van der Waals surface area contributed by atoms with E-state index in [0.29, 0.717) is 25.7 Å². The molecule has 1 amide bonds. The Labute approximate surface area is 135 Å². The van der Waals surface area contributed by atoms with E-state index in [9.17, 15) is 18.7 Å². The van der Waals surface area contributed by atoms with Crippen molar-refractivity contribution < 1.29 is 18.7 Å². The van der Waals surface area contributed by atoms with Gasteiger partial charge in [0, 0.05) is 25.3 Å². The number of rotatable bonds is 4. The first-order valence-electron chi connectivity index (χ1n) is 8.36. The molecule has 1 aliphatic carbocycles. The summed E-state index contributed by atoms with van der Waals surface area (Å²) in [6, 6.07) is 9.06. The number of aliphatic hydroxyl groups is 1. The van der Waals surface area contributed by atoms with Gasteiger partial charge in [-0.1, -0.05) is 30.3 Å². The predicted octanol–water partition coefficient (Wildman–Crippen LogP) is 3.54. The summed E-state index contributed by atoms with van der Waals surface area (Å²) in [6.07, 6.45) is 1.87. The summed E-state index contributed by atoms with van der Waals surface area (Å²) in [4.78, 5) is 14.2. The normalized spacial score (nSPS) is 26.5. The molecule has 0 spiro atoms. The van der Waals surface area contributed by atoms with Gasteiger partial charge in [-0.2, -0.15) is 0 Å². The summed E-state index contributed by atoms with van der Waals surface area (Å²) in [5, 5.41) is 9.84. The Balaban J connectivity index is 1.79. The summed E-state index contributed by atoms with van der Waals surface area (Å²) in [5.41, 5.74) is 0.899. The Morgan fingerprint density at radius 2 is 1.83 bits per heavy atom. The number of amides is 1. The third kappa shape index (κ3) is 3.39. The van der Waals surface area contributed by atoms with Gasteiger partial charge in [0.15, 0.2) is 0 Å². The van der Waals surface area contributed by atoms with Crippen LogP contribution in [0.3, 0.4) is 0 Å². The molecule has 0 bridgehead atoms. The van der Waals surface area contributed by atoms with E-state index in [1.165, 1.54) is 0 Å². The summed E-state index contributed by atoms with van der Waals surface area (Å²) in [7, 11) is 0. The number of benzene rings is 1. The Kier molecular flexibility index (Phi) is 4.67. The molecule has 1 saturated carbocycles. The average Bonchev–Trinajstić information content (AvgIpc) is 2.91. The monoisotopic (exact) mass is 323 g/mol. The van der Waals surface area contributed by atoms with Gasteiger partial charge >= 0.3 is 0 Å². The minimum absolute atomic E-state index is 0.0234. The van der Waals surface area contributed by atoms with Crippen LogP contribution < -0.4 is 0 Å². The second-order valence-corrected chi connectivity index (χ2v) is 6.71. The number of carbonyl (C=O) groups is 1. The summed E-state index contributed by atoms with van der Waals surface area (Å²) >= 11 is 0. The van der Waals surface area contributed by atoms with E-state index in [1.54, 1.807) is 4.90 Å². The van der Waals surface area contributed by atoms with Gasteiger partial charge in [-0.25, -0.2) is 8.78 Å². The Morgan fingerprint density at radius 3 is 2.43 bits per heavy atom. The molecule has 23 heavy (non-hydrogen) atoms. The number of alkyl halides is 2. The molecule has 0 radical (unpaired) electrons. The molecule has 2 atom stereocenters. The first-order chi connectivity index (χ1) is 11.0. The van der Waals surface area contributed by atoms with Crippen LogP contribution in [0.15, 0.2) is 30.3 Å². The minimum atomic E-state index is -2.56. The van der Waals surface area contributed by atoms with E-state index in [2.05, 4.69) is 0 Å². The van der Waals surface area contributed by atoms with Crippen molar-refractivity contribution in [3.05, 3.63) is 35.9 Å². The van der Waals surface area contributed by atoms with E-state index in [1.807, 2.05) is 30.3 Å². The van der Waals surface area contributed by atoms with Crippen LogP contribution in [0.2, 0.25) is 0 Å². The number of aliphatic hydroxyl groups excluding tert-OH is 1. The number of likely N-dealkylation sites (tertiary alicyclic amines) is 1. The molecule has 1 saturated heterocycles. The molecule has 1 N–H and O–H groups in total. The highest BCUT2D eigenvalue weighted by atomic mass is 19.3. The number of carbonyl (C=O) groups excluding carboxylic acids is 1. The highest BCUT2D eigenvalue weighted by Gasteiger charge is 2.44. The topological polar surface area (TPSA) is 40.5 Å². The van der Waals surface area contributed by atoms with Crippen molar-refractivity contribution in [2.24, 2.45) is 5.92 Å². The van der Waals surface area contributed by atoms with E-state index in [0.717, 1.165) is 5.56 Å². The Morgan fingerprint density at radius 1 is 1.17 bits per heavy atom. The van der Waals surface area contributed by atoms with Gasteiger partial charge in [0.1, 0.15) is 0 Å². The van der Waals surface area contributed by atoms with E-state index >= 15 is 0 Å². The molecule has 2 aliphatic rings. The maximum absolute atomic E-state index is 13.4. The largest absolute Gasteiger partial charge is 0.394 e.